The van der Waals surface area contributed by atoms with Gasteiger partial charge in [0.2, 0.25) is 0 Å². The van der Waals surface area contributed by atoms with E-state index in [0.717, 1.165) is 24.1 Å². The van der Waals surface area contributed by atoms with Gasteiger partial charge in [0, 0.05) is 5.56 Å². The molecule has 30 heavy (non-hydrogen) atoms. The monoisotopic (exact) mass is 526 g/mol. The SMILES string of the molecule is CCOc1ccccc1C([O-])=Nc1ccc(C(=O)OCC[N+](C)(CC)CC)cc1.I. The molecule has 2 aromatic rings. The van der Waals surface area contributed by atoms with Crippen LogP contribution >= 0.6 is 24.0 Å². The summed E-state index contributed by atoms with van der Waals surface area (Å²) in [5.74, 6) is -0.252. The van der Waals surface area contributed by atoms with Gasteiger partial charge in [0.25, 0.3) is 0 Å². The van der Waals surface area contributed by atoms with Crippen LogP contribution in [0.25, 0.3) is 0 Å². The Morgan fingerprint density at radius 2 is 1.67 bits per heavy atom. The zero-order valence-electron chi connectivity index (χ0n) is 18.1. The number of carbonyl (C=O) groups excluding carboxylic acids is 1. The third-order valence-corrected chi connectivity index (χ3v) is 5.14. The van der Waals surface area contributed by atoms with E-state index in [9.17, 15) is 9.90 Å². The van der Waals surface area contributed by atoms with Crippen molar-refractivity contribution in [3.63, 3.8) is 0 Å². The van der Waals surface area contributed by atoms with Crippen LogP contribution in [0.5, 0.6) is 5.75 Å². The zero-order valence-corrected chi connectivity index (χ0v) is 20.4. The van der Waals surface area contributed by atoms with Crippen LogP contribution in [-0.4, -0.2) is 56.2 Å². The van der Waals surface area contributed by atoms with Crippen molar-refractivity contribution in [2.75, 3.05) is 39.9 Å². The van der Waals surface area contributed by atoms with Gasteiger partial charge in [-0.2, -0.15) is 0 Å². The lowest BCUT2D eigenvalue weighted by Crippen LogP contribution is -2.46. The molecule has 7 heteroatoms. The maximum absolute atomic E-state index is 12.5. The second kappa shape index (κ2) is 12.5. The number of carbonyl (C=O) groups is 1. The van der Waals surface area contributed by atoms with E-state index in [0.29, 0.717) is 35.8 Å². The summed E-state index contributed by atoms with van der Waals surface area (Å²) in [4.78, 5) is 16.4. The van der Waals surface area contributed by atoms with E-state index >= 15 is 0 Å². The highest BCUT2D eigenvalue weighted by molar-refractivity contribution is 14.0. The molecule has 164 valence electrons. The van der Waals surface area contributed by atoms with Gasteiger partial charge in [-0.15, -0.1) is 24.0 Å². The van der Waals surface area contributed by atoms with Crippen molar-refractivity contribution in [3.05, 3.63) is 59.7 Å². The van der Waals surface area contributed by atoms with E-state index in [2.05, 4.69) is 25.9 Å². The molecule has 0 aromatic heterocycles. The van der Waals surface area contributed by atoms with Crippen LogP contribution in [-0.2, 0) is 4.74 Å². The molecule has 0 N–H and O–H groups in total. The average Bonchev–Trinajstić information content (AvgIpc) is 2.74. The predicted molar refractivity (Wildman–Crippen MR) is 128 cm³/mol. The van der Waals surface area contributed by atoms with Crippen molar-refractivity contribution in [1.29, 1.82) is 0 Å². The second-order valence-electron chi connectivity index (χ2n) is 7.00. The Kier molecular flexibility index (Phi) is 10.8. The molecule has 0 fully saturated rings. The molecule has 0 spiro atoms. The minimum absolute atomic E-state index is 0. The Morgan fingerprint density at radius 1 is 1.03 bits per heavy atom. The topological polar surface area (TPSA) is 71.0 Å². The molecule has 0 aliphatic rings. The van der Waals surface area contributed by atoms with Gasteiger partial charge in [-0.1, -0.05) is 18.2 Å². The second-order valence-corrected chi connectivity index (χ2v) is 7.00. The first-order valence-corrected chi connectivity index (χ1v) is 10.0. The number of ether oxygens (including phenoxy) is 2. The van der Waals surface area contributed by atoms with Crippen LogP contribution in [0.15, 0.2) is 53.5 Å². The average molecular weight is 526 g/mol. The van der Waals surface area contributed by atoms with E-state index in [4.69, 9.17) is 9.47 Å². The van der Waals surface area contributed by atoms with Gasteiger partial charge >= 0.3 is 5.97 Å². The van der Waals surface area contributed by atoms with E-state index < -0.39 is 0 Å². The van der Waals surface area contributed by atoms with Crippen LogP contribution in [0.1, 0.15) is 36.7 Å². The number of likely N-dealkylation sites (N-methyl/N-ethyl adjacent to an activating group) is 1. The van der Waals surface area contributed by atoms with Crippen molar-refractivity contribution in [1.82, 2.24) is 0 Å². The third kappa shape index (κ3) is 7.28. The number of rotatable bonds is 10. The van der Waals surface area contributed by atoms with Crippen LogP contribution in [0, 0.1) is 0 Å². The number of hydrogen-bond donors (Lipinski definition) is 0. The number of hydrogen-bond acceptors (Lipinski definition) is 5. The molecule has 0 saturated heterocycles. The highest BCUT2D eigenvalue weighted by Crippen LogP contribution is 2.20. The van der Waals surface area contributed by atoms with E-state index in [1.54, 1.807) is 42.5 Å². The van der Waals surface area contributed by atoms with Crippen LogP contribution < -0.4 is 9.84 Å². The summed E-state index contributed by atoms with van der Waals surface area (Å²) in [6, 6.07) is 13.5. The smallest absolute Gasteiger partial charge is 0.338 e. The third-order valence-electron chi connectivity index (χ3n) is 5.14. The number of quaternary nitrogens is 1. The summed E-state index contributed by atoms with van der Waals surface area (Å²) in [6.07, 6.45) is 0. The van der Waals surface area contributed by atoms with Crippen LogP contribution in [0.4, 0.5) is 5.69 Å². The lowest BCUT2D eigenvalue weighted by molar-refractivity contribution is -0.906. The fourth-order valence-corrected chi connectivity index (χ4v) is 2.76. The van der Waals surface area contributed by atoms with Gasteiger partial charge in [0.1, 0.15) is 18.9 Å². The first-order valence-electron chi connectivity index (χ1n) is 10.0. The summed E-state index contributed by atoms with van der Waals surface area (Å²) in [5, 5.41) is 12.5. The molecule has 0 radical (unpaired) electrons. The molecular formula is C23H31IN2O4. The quantitative estimate of drug-likeness (QED) is 0.155. The lowest BCUT2D eigenvalue weighted by Gasteiger charge is -2.31. The van der Waals surface area contributed by atoms with Crippen molar-refractivity contribution >= 4 is 41.5 Å². The molecule has 0 unspecified atom stereocenters. The van der Waals surface area contributed by atoms with Crippen LogP contribution in [0.2, 0.25) is 0 Å². The Morgan fingerprint density at radius 3 is 2.27 bits per heavy atom. The molecule has 2 rings (SSSR count). The fourth-order valence-electron chi connectivity index (χ4n) is 2.76. The number of para-hydroxylation sites is 1. The standard InChI is InChI=1S/C23H30N2O4.HI/c1-5-25(4,6-2)16-17-29-23(27)18-12-14-19(15-13-18)24-22(26)20-10-8-9-11-21(20)28-7-3;/h8-15H,5-7,16-17H2,1-4H3;1H. The van der Waals surface area contributed by atoms with Gasteiger partial charge in [-0.05, 0) is 57.0 Å². The molecule has 0 saturated carbocycles. The zero-order chi connectivity index (χ0) is 21.3. The summed E-state index contributed by atoms with van der Waals surface area (Å²) >= 11 is 0. The molecule has 0 bridgehead atoms. The Bertz CT molecular complexity index is 833. The number of aliphatic imine (C=N–C) groups is 1. The molecule has 0 amide bonds. The molecule has 2 aromatic carbocycles. The van der Waals surface area contributed by atoms with Crippen molar-refractivity contribution in [3.8, 4) is 5.75 Å². The predicted octanol–water partition coefficient (Wildman–Crippen LogP) is 3.79. The van der Waals surface area contributed by atoms with Gasteiger partial charge < -0.3 is 19.1 Å². The van der Waals surface area contributed by atoms with Crippen molar-refractivity contribution < 1.29 is 23.9 Å². The molecule has 0 atom stereocenters. The van der Waals surface area contributed by atoms with Gasteiger partial charge in [-0.3, -0.25) is 4.99 Å². The van der Waals surface area contributed by atoms with Crippen molar-refractivity contribution in [2.45, 2.75) is 20.8 Å². The Hall–Kier alpha value is -2.13. The highest BCUT2D eigenvalue weighted by Gasteiger charge is 2.17. The number of halogens is 1. The van der Waals surface area contributed by atoms with E-state index in [1.165, 1.54) is 0 Å². The first kappa shape index (κ1) is 25.9. The summed E-state index contributed by atoms with van der Waals surface area (Å²) in [6.45, 7) is 9.71. The minimum Gasteiger partial charge on any atom is -0.858 e. The lowest BCUT2D eigenvalue weighted by atomic mass is 10.2. The van der Waals surface area contributed by atoms with Gasteiger partial charge in [0.05, 0.1) is 38.0 Å². The minimum atomic E-state index is -0.388. The summed E-state index contributed by atoms with van der Waals surface area (Å²) in [5.41, 5.74) is 1.32. The number of nitrogens with zero attached hydrogens (tertiary/aromatic N) is 2. The highest BCUT2D eigenvalue weighted by atomic mass is 127. The molecule has 0 heterocycles. The summed E-state index contributed by atoms with van der Waals surface area (Å²) < 4.78 is 11.7. The largest absolute Gasteiger partial charge is 0.858 e. The van der Waals surface area contributed by atoms with E-state index in [1.807, 2.05) is 13.0 Å². The van der Waals surface area contributed by atoms with E-state index in [-0.39, 0.29) is 35.8 Å². The Balaban J connectivity index is 0.00000450. The number of benzene rings is 2. The van der Waals surface area contributed by atoms with Crippen molar-refractivity contribution in [2.24, 2.45) is 4.99 Å². The molecule has 0 aliphatic heterocycles. The maximum atomic E-state index is 12.5. The molecule has 6 nitrogen and oxygen atoms in total. The number of esters is 1. The summed E-state index contributed by atoms with van der Waals surface area (Å²) in [7, 11) is 2.14. The maximum Gasteiger partial charge on any atom is 0.338 e. The molecule has 0 aliphatic carbocycles. The normalized spacial score (nSPS) is 11.5. The van der Waals surface area contributed by atoms with Gasteiger partial charge in [-0.25, -0.2) is 4.79 Å². The van der Waals surface area contributed by atoms with Crippen LogP contribution in [0.3, 0.4) is 0 Å². The molecular weight excluding hydrogens is 495 g/mol. The Labute approximate surface area is 196 Å². The fraction of sp³-hybridized carbons (Fsp3) is 0.391. The van der Waals surface area contributed by atoms with Gasteiger partial charge in [0.15, 0.2) is 0 Å². The first-order chi connectivity index (χ1) is 13.9.